The lowest BCUT2D eigenvalue weighted by atomic mass is 9.99. The Morgan fingerprint density at radius 3 is 2.21 bits per heavy atom. The number of ether oxygens (including phenoxy) is 1. The second-order valence-corrected chi connectivity index (χ2v) is 5.41. The molecular weight excluding hydrogens is 304 g/mol. The molecule has 0 atom stereocenters. The van der Waals surface area contributed by atoms with Crippen molar-refractivity contribution in [2.24, 2.45) is 0 Å². The SMILES string of the molecule is COc1ccc(C(=O)c2cc(C)cc(C)c2)c(Br)c1. The molecule has 0 bridgehead atoms. The molecular formula is C16H15BrO2. The summed E-state index contributed by atoms with van der Waals surface area (Å²) in [5.41, 5.74) is 3.54. The van der Waals surface area contributed by atoms with Gasteiger partial charge in [0, 0.05) is 15.6 Å². The highest BCUT2D eigenvalue weighted by Gasteiger charge is 2.13. The fourth-order valence-electron chi connectivity index (χ4n) is 2.07. The quantitative estimate of drug-likeness (QED) is 0.788. The van der Waals surface area contributed by atoms with Gasteiger partial charge in [0.05, 0.1) is 7.11 Å². The third kappa shape index (κ3) is 3.04. The maximum Gasteiger partial charge on any atom is 0.194 e. The molecule has 0 fully saturated rings. The number of ketones is 1. The molecule has 0 heterocycles. The molecule has 0 aliphatic rings. The summed E-state index contributed by atoms with van der Waals surface area (Å²) < 4.78 is 5.88. The maximum absolute atomic E-state index is 12.5. The summed E-state index contributed by atoms with van der Waals surface area (Å²) in [5.74, 6) is 0.741. The smallest absolute Gasteiger partial charge is 0.194 e. The van der Waals surface area contributed by atoms with Crippen LogP contribution < -0.4 is 4.74 Å². The summed E-state index contributed by atoms with van der Waals surface area (Å²) in [4.78, 5) is 12.5. The Balaban J connectivity index is 2.44. The maximum atomic E-state index is 12.5. The van der Waals surface area contributed by atoms with Crippen LogP contribution in [0.25, 0.3) is 0 Å². The van der Waals surface area contributed by atoms with E-state index in [1.165, 1.54) is 0 Å². The van der Waals surface area contributed by atoms with Crippen LogP contribution in [0.15, 0.2) is 40.9 Å². The molecule has 0 amide bonds. The Hall–Kier alpha value is -1.61. The second kappa shape index (κ2) is 5.57. The lowest BCUT2D eigenvalue weighted by Gasteiger charge is -2.08. The summed E-state index contributed by atoms with van der Waals surface area (Å²) in [6, 6.07) is 11.2. The fraction of sp³-hybridized carbons (Fsp3) is 0.188. The summed E-state index contributed by atoms with van der Waals surface area (Å²) in [7, 11) is 1.60. The molecule has 3 heteroatoms. The first-order valence-electron chi connectivity index (χ1n) is 5.98. The zero-order valence-corrected chi connectivity index (χ0v) is 12.7. The Kier molecular flexibility index (Phi) is 4.05. The lowest BCUT2D eigenvalue weighted by Crippen LogP contribution is -2.03. The minimum absolute atomic E-state index is 0.0151. The standard InChI is InChI=1S/C16H15BrO2/c1-10-6-11(2)8-12(7-10)16(18)14-5-4-13(19-3)9-15(14)17/h4-9H,1-3H3. The van der Waals surface area contributed by atoms with Gasteiger partial charge in [-0.2, -0.15) is 0 Å². The molecule has 0 N–H and O–H groups in total. The molecule has 19 heavy (non-hydrogen) atoms. The molecule has 0 aromatic heterocycles. The number of hydrogen-bond acceptors (Lipinski definition) is 2. The van der Waals surface area contributed by atoms with Crippen molar-refractivity contribution in [2.75, 3.05) is 7.11 Å². The van der Waals surface area contributed by atoms with Crippen LogP contribution in [0.3, 0.4) is 0 Å². The van der Waals surface area contributed by atoms with E-state index in [0.29, 0.717) is 11.1 Å². The van der Waals surface area contributed by atoms with Gasteiger partial charge in [-0.15, -0.1) is 0 Å². The van der Waals surface area contributed by atoms with Crippen LogP contribution in [-0.2, 0) is 0 Å². The van der Waals surface area contributed by atoms with E-state index >= 15 is 0 Å². The first-order chi connectivity index (χ1) is 9.01. The predicted octanol–water partition coefficient (Wildman–Crippen LogP) is 4.31. The molecule has 0 aliphatic heterocycles. The molecule has 0 spiro atoms. The van der Waals surface area contributed by atoms with Gasteiger partial charge in [0.15, 0.2) is 5.78 Å². The number of benzene rings is 2. The van der Waals surface area contributed by atoms with Crippen LogP contribution >= 0.6 is 15.9 Å². The monoisotopic (exact) mass is 318 g/mol. The van der Waals surface area contributed by atoms with E-state index in [1.54, 1.807) is 25.3 Å². The van der Waals surface area contributed by atoms with Gasteiger partial charge in [-0.05, 0) is 60.1 Å². The van der Waals surface area contributed by atoms with E-state index in [0.717, 1.165) is 21.3 Å². The van der Waals surface area contributed by atoms with E-state index in [9.17, 15) is 4.79 Å². The number of carbonyl (C=O) groups is 1. The molecule has 0 saturated heterocycles. The Bertz CT molecular complexity index is 612. The van der Waals surface area contributed by atoms with Gasteiger partial charge in [0.25, 0.3) is 0 Å². The summed E-state index contributed by atoms with van der Waals surface area (Å²) in [6.07, 6.45) is 0. The van der Waals surface area contributed by atoms with Crippen LogP contribution in [0.2, 0.25) is 0 Å². The Morgan fingerprint density at radius 1 is 1.05 bits per heavy atom. The molecule has 0 saturated carbocycles. The van der Waals surface area contributed by atoms with E-state index in [-0.39, 0.29) is 5.78 Å². The van der Waals surface area contributed by atoms with Gasteiger partial charge in [0.1, 0.15) is 5.75 Å². The van der Waals surface area contributed by atoms with E-state index in [1.807, 2.05) is 26.0 Å². The molecule has 2 nitrogen and oxygen atoms in total. The van der Waals surface area contributed by atoms with Crippen LogP contribution in [-0.4, -0.2) is 12.9 Å². The van der Waals surface area contributed by atoms with Crippen LogP contribution in [0.5, 0.6) is 5.75 Å². The van der Waals surface area contributed by atoms with Gasteiger partial charge < -0.3 is 4.74 Å². The van der Waals surface area contributed by atoms with Gasteiger partial charge in [-0.1, -0.05) is 17.2 Å². The fourth-order valence-corrected chi connectivity index (χ4v) is 2.61. The molecule has 0 aliphatic carbocycles. The zero-order chi connectivity index (χ0) is 14.0. The molecule has 98 valence electrons. The predicted molar refractivity (Wildman–Crippen MR) is 80.0 cm³/mol. The highest BCUT2D eigenvalue weighted by atomic mass is 79.9. The first-order valence-corrected chi connectivity index (χ1v) is 6.77. The highest BCUT2D eigenvalue weighted by molar-refractivity contribution is 9.10. The summed E-state index contributed by atoms with van der Waals surface area (Å²) in [5, 5.41) is 0. The van der Waals surface area contributed by atoms with Crippen LogP contribution in [0, 0.1) is 13.8 Å². The van der Waals surface area contributed by atoms with Crippen LogP contribution in [0.4, 0.5) is 0 Å². The van der Waals surface area contributed by atoms with Crippen molar-refractivity contribution in [3.8, 4) is 5.75 Å². The minimum atomic E-state index is 0.0151. The third-order valence-corrected chi connectivity index (χ3v) is 3.56. The van der Waals surface area contributed by atoms with Crippen molar-refractivity contribution in [2.45, 2.75) is 13.8 Å². The average molecular weight is 319 g/mol. The van der Waals surface area contributed by atoms with Gasteiger partial charge in [0.2, 0.25) is 0 Å². The van der Waals surface area contributed by atoms with Gasteiger partial charge >= 0.3 is 0 Å². The van der Waals surface area contributed by atoms with Crippen molar-refractivity contribution >= 4 is 21.7 Å². The van der Waals surface area contributed by atoms with E-state index in [2.05, 4.69) is 22.0 Å². The Morgan fingerprint density at radius 2 is 1.68 bits per heavy atom. The Labute approximate surface area is 121 Å². The average Bonchev–Trinajstić information content (AvgIpc) is 2.36. The van der Waals surface area contributed by atoms with Crippen molar-refractivity contribution < 1.29 is 9.53 Å². The summed E-state index contributed by atoms with van der Waals surface area (Å²) in [6.45, 7) is 3.99. The van der Waals surface area contributed by atoms with E-state index < -0.39 is 0 Å². The molecule has 0 unspecified atom stereocenters. The molecule has 0 radical (unpaired) electrons. The highest BCUT2D eigenvalue weighted by Crippen LogP contribution is 2.25. The number of aryl methyl sites for hydroxylation is 2. The molecule has 2 rings (SSSR count). The third-order valence-electron chi connectivity index (χ3n) is 2.90. The number of hydrogen-bond donors (Lipinski definition) is 0. The zero-order valence-electron chi connectivity index (χ0n) is 11.2. The molecule has 2 aromatic carbocycles. The van der Waals surface area contributed by atoms with Crippen molar-refractivity contribution in [3.05, 3.63) is 63.1 Å². The largest absolute Gasteiger partial charge is 0.497 e. The van der Waals surface area contributed by atoms with Crippen LogP contribution in [0.1, 0.15) is 27.0 Å². The van der Waals surface area contributed by atoms with Gasteiger partial charge in [-0.25, -0.2) is 0 Å². The van der Waals surface area contributed by atoms with E-state index in [4.69, 9.17) is 4.74 Å². The minimum Gasteiger partial charge on any atom is -0.497 e. The van der Waals surface area contributed by atoms with Crippen molar-refractivity contribution in [1.82, 2.24) is 0 Å². The first kappa shape index (κ1) is 13.8. The number of carbonyl (C=O) groups excluding carboxylic acids is 1. The number of rotatable bonds is 3. The van der Waals surface area contributed by atoms with Crippen molar-refractivity contribution in [3.63, 3.8) is 0 Å². The van der Waals surface area contributed by atoms with Crippen molar-refractivity contribution in [1.29, 1.82) is 0 Å². The number of methoxy groups -OCH3 is 1. The normalized spacial score (nSPS) is 10.3. The second-order valence-electron chi connectivity index (χ2n) is 4.55. The van der Waals surface area contributed by atoms with Gasteiger partial charge in [-0.3, -0.25) is 4.79 Å². The molecule has 2 aromatic rings. The topological polar surface area (TPSA) is 26.3 Å². The lowest BCUT2D eigenvalue weighted by molar-refractivity contribution is 0.103. The number of halogens is 1. The summed E-state index contributed by atoms with van der Waals surface area (Å²) >= 11 is 3.42.